The van der Waals surface area contributed by atoms with Gasteiger partial charge < -0.3 is 5.11 Å². The summed E-state index contributed by atoms with van der Waals surface area (Å²) < 4.78 is 1.92. The Morgan fingerprint density at radius 3 is 2.55 bits per heavy atom. The average molecular weight is 389 g/mol. The number of nitrogens with zero attached hydrogens (tertiary/aromatic N) is 3. The second-order valence-electron chi connectivity index (χ2n) is 8.41. The van der Waals surface area contributed by atoms with Crippen molar-refractivity contribution < 1.29 is 9.90 Å². The third-order valence-electron chi connectivity index (χ3n) is 6.05. The summed E-state index contributed by atoms with van der Waals surface area (Å²) in [5.41, 5.74) is 6.01. The van der Waals surface area contributed by atoms with E-state index in [2.05, 4.69) is 43.1 Å². The Morgan fingerprint density at radius 1 is 1.14 bits per heavy atom. The Morgan fingerprint density at radius 2 is 1.90 bits per heavy atom. The molecule has 0 radical (unpaired) electrons. The first kappa shape index (κ1) is 19.4. The molecule has 1 aliphatic heterocycles. The third-order valence-corrected chi connectivity index (χ3v) is 6.05. The fraction of sp³-hybridized carbons (Fsp3) is 0.333. The minimum Gasteiger partial charge on any atom is -0.481 e. The molecule has 2 heterocycles. The highest BCUT2D eigenvalue weighted by Crippen LogP contribution is 2.33. The standard InChI is InChI=1S/C24H27N3O2/c1-17-9-10-19(13-18(17)2)22-20(14-26-12-11-24(3,16-26)23(28)29)15-27(25-22)21-7-5-4-6-8-21/h4-10,13,15H,11-12,14,16H2,1-3H3,(H,28,29). The van der Waals surface area contributed by atoms with Crippen molar-refractivity contribution in [1.29, 1.82) is 0 Å². The maximum atomic E-state index is 11.6. The molecule has 3 aromatic rings. The number of likely N-dealkylation sites (tertiary alicyclic amines) is 1. The topological polar surface area (TPSA) is 58.4 Å². The number of carbonyl (C=O) groups is 1. The van der Waals surface area contributed by atoms with Crippen molar-refractivity contribution in [3.63, 3.8) is 0 Å². The molecule has 29 heavy (non-hydrogen) atoms. The van der Waals surface area contributed by atoms with Crippen LogP contribution in [0.5, 0.6) is 0 Å². The van der Waals surface area contributed by atoms with E-state index in [1.165, 1.54) is 11.1 Å². The van der Waals surface area contributed by atoms with E-state index in [0.717, 1.165) is 29.1 Å². The zero-order valence-corrected chi connectivity index (χ0v) is 17.2. The summed E-state index contributed by atoms with van der Waals surface area (Å²) in [6.45, 7) is 8.10. The minimum absolute atomic E-state index is 0.561. The predicted molar refractivity (Wildman–Crippen MR) is 114 cm³/mol. The largest absolute Gasteiger partial charge is 0.481 e. The second-order valence-corrected chi connectivity index (χ2v) is 8.41. The molecule has 0 saturated carbocycles. The number of rotatable bonds is 5. The maximum absolute atomic E-state index is 11.6. The monoisotopic (exact) mass is 389 g/mol. The van der Waals surface area contributed by atoms with Gasteiger partial charge in [0.15, 0.2) is 0 Å². The molecule has 5 nitrogen and oxygen atoms in total. The molecule has 1 unspecified atom stereocenters. The first-order chi connectivity index (χ1) is 13.9. The molecule has 1 aliphatic rings. The molecule has 5 heteroatoms. The van der Waals surface area contributed by atoms with Crippen LogP contribution in [-0.4, -0.2) is 38.8 Å². The van der Waals surface area contributed by atoms with E-state index in [-0.39, 0.29) is 0 Å². The first-order valence-electron chi connectivity index (χ1n) is 10.0. The van der Waals surface area contributed by atoms with Gasteiger partial charge in [0.1, 0.15) is 0 Å². The van der Waals surface area contributed by atoms with E-state index in [0.29, 0.717) is 19.5 Å². The zero-order valence-electron chi connectivity index (χ0n) is 17.2. The number of para-hydroxylation sites is 1. The minimum atomic E-state index is -0.714. The number of aliphatic carboxylic acids is 1. The number of aryl methyl sites for hydroxylation is 2. The zero-order chi connectivity index (χ0) is 20.6. The molecular weight excluding hydrogens is 362 g/mol. The molecule has 1 aromatic heterocycles. The molecule has 1 N–H and O–H groups in total. The molecule has 0 spiro atoms. The smallest absolute Gasteiger partial charge is 0.310 e. The van der Waals surface area contributed by atoms with Crippen molar-refractivity contribution >= 4 is 5.97 Å². The van der Waals surface area contributed by atoms with E-state index in [4.69, 9.17) is 5.10 Å². The summed E-state index contributed by atoms with van der Waals surface area (Å²) in [4.78, 5) is 13.9. The van der Waals surface area contributed by atoms with Crippen molar-refractivity contribution in [3.8, 4) is 16.9 Å². The summed E-state index contributed by atoms with van der Waals surface area (Å²) >= 11 is 0. The van der Waals surface area contributed by atoms with Crippen LogP contribution in [0.2, 0.25) is 0 Å². The quantitative estimate of drug-likeness (QED) is 0.700. The van der Waals surface area contributed by atoms with Crippen molar-refractivity contribution in [2.45, 2.75) is 33.7 Å². The molecule has 1 saturated heterocycles. The molecule has 4 rings (SSSR count). The van der Waals surface area contributed by atoms with Crippen LogP contribution < -0.4 is 0 Å². The molecule has 2 aromatic carbocycles. The van der Waals surface area contributed by atoms with Gasteiger partial charge >= 0.3 is 5.97 Å². The number of hydrogen-bond donors (Lipinski definition) is 1. The lowest BCUT2D eigenvalue weighted by atomic mass is 9.90. The van der Waals surface area contributed by atoms with Gasteiger partial charge in [-0.05, 0) is 63.1 Å². The van der Waals surface area contributed by atoms with Crippen molar-refractivity contribution in [2.24, 2.45) is 5.41 Å². The number of carboxylic acid groups (broad SMARTS) is 1. The molecular formula is C24H27N3O2. The van der Waals surface area contributed by atoms with Gasteiger partial charge in [0.2, 0.25) is 0 Å². The highest BCUT2D eigenvalue weighted by Gasteiger charge is 2.40. The van der Waals surface area contributed by atoms with Gasteiger partial charge in [-0.25, -0.2) is 4.68 Å². The summed E-state index contributed by atoms with van der Waals surface area (Å²) in [7, 11) is 0. The Balaban J connectivity index is 1.71. The Bertz CT molecular complexity index is 1040. The van der Waals surface area contributed by atoms with Crippen LogP contribution in [0.15, 0.2) is 54.7 Å². The predicted octanol–water partition coefficient (Wildman–Crippen LogP) is 4.45. The lowest BCUT2D eigenvalue weighted by molar-refractivity contribution is -0.147. The van der Waals surface area contributed by atoms with E-state index < -0.39 is 11.4 Å². The molecule has 1 fully saturated rings. The normalized spacial score (nSPS) is 19.6. The third kappa shape index (κ3) is 3.83. The van der Waals surface area contributed by atoms with Gasteiger partial charge in [0, 0.05) is 30.4 Å². The number of carboxylic acids is 1. The van der Waals surface area contributed by atoms with Gasteiger partial charge in [-0.15, -0.1) is 0 Å². The second kappa shape index (κ2) is 7.48. The number of aromatic nitrogens is 2. The van der Waals surface area contributed by atoms with Gasteiger partial charge in [-0.2, -0.15) is 5.10 Å². The number of benzene rings is 2. The Hall–Kier alpha value is -2.92. The highest BCUT2D eigenvalue weighted by molar-refractivity contribution is 5.75. The average Bonchev–Trinajstić information content (AvgIpc) is 3.30. The van der Waals surface area contributed by atoms with Crippen molar-refractivity contribution in [2.75, 3.05) is 13.1 Å². The van der Waals surface area contributed by atoms with Crippen LogP contribution in [0.4, 0.5) is 0 Å². The molecule has 150 valence electrons. The maximum Gasteiger partial charge on any atom is 0.310 e. The van der Waals surface area contributed by atoms with Crippen LogP contribution in [0.25, 0.3) is 16.9 Å². The van der Waals surface area contributed by atoms with Crippen LogP contribution >= 0.6 is 0 Å². The van der Waals surface area contributed by atoms with E-state index in [1.54, 1.807) is 0 Å². The van der Waals surface area contributed by atoms with Gasteiger partial charge in [-0.3, -0.25) is 9.69 Å². The molecule has 0 bridgehead atoms. The van der Waals surface area contributed by atoms with Crippen LogP contribution in [0.3, 0.4) is 0 Å². The fourth-order valence-electron chi connectivity index (χ4n) is 3.98. The molecule has 0 amide bonds. The Labute approximate surface area is 171 Å². The molecule has 1 atom stereocenters. The SMILES string of the molecule is Cc1ccc(-c2nn(-c3ccccc3)cc2CN2CCC(C)(C(=O)O)C2)cc1C. The fourth-order valence-corrected chi connectivity index (χ4v) is 3.98. The lowest BCUT2D eigenvalue weighted by Crippen LogP contribution is -2.31. The van der Waals surface area contributed by atoms with Gasteiger partial charge in [0.25, 0.3) is 0 Å². The summed E-state index contributed by atoms with van der Waals surface area (Å²) in [6, 6.07) is 16.5. The number of hydrogen-bond acceptors (Lipinski definition) is 3. The van der Waals surface area contributed by atoms with E-state index in [1.807, 2.05) is 41.9 Å². The van der Waals surface area contributed by atoms with Crippen LogP contribution in [0, 0.1) is 19.3 Å². The van der Waals surface area contributed by atoms with Crippen LogP contribution in [-0.2, 0) is 11.3 Å². The lowest BCUT2D eigenvalue weighted by Gasteiger charge is -2.20. The molecule has 0 aliphatic carbocycles. The summed E-state index contributed by atoms with van der Waals surface area (Å²) in [5, 5.41) is 14.5. The van der Waals surface area contributed by atoms with E-state index in [9.17, 15) is 9.90 Å². The summed E-state index contributed by atoms with van der Waals surface area (Å²) in [6.07, 6.45) is 2.75. The first-order valence-corrected chi connectivity index (χ1v) is 10.0. The van der Waals surface area contributed by atoms with Gasteiger partial charge in [-0.1, -0.05) is 30.3 Å². The van der Waals surface area contributed by atoms with E-state index >= 15 is 0 Å². The van der Waals surface area contributed by atoms with Crippen molar-refractivity contribution in [1.82, 2.24) is 14.7 Å². The summed E-state index contributed by atoms with van der Waals surface area (Å²) in [5.74, 6) is -0.714. The van der Waals surface area contributed by atoms with Crippen molar-refractivity contribution in [3.05, 3.63) is 71.4 Å². The highest BCUT2D eigenvalue weighted by atomic mass is 16.4. The van der Waals surface area contributed by atoms with Crippen LogP contribution in [0.1, 0.15) is 30.0 Å². The Kier molecular flexibility index (Phi) is 5.01. The van der Waals surface area contributed by atoms with Gasteiger partial charge in [0.05, 0.1) is 16.8 Å².